The summed E-state index contributed by atoms with van der Waals surface area (Å²) in [5.74, 6) is 0.562. The van der Waals surface area contributed by atoms with Crippen LogP contribution in [0.2, 0.25) is 0 Å². The summed E-state index contributed by atoms with van der Waals surface area (Å²) in [4.78, 5) is 14.3. The number of rotatable bonds is 4. The van der Waals surface area contributed by atoms with Crippen LogP contribution in [-0.4, -0.2) is 47.3 Å². The van der Waals surface area contributed by atoms with E-state index in [1.807, 2.05) is 13.8 Å². The summed E-state index contributed by atoms with van der Waals surface area (Å²) in [5, 5.41) is 7.29. The third-order valence-corrected chi connectivity index (χ3v) is 4.04. The van der Waals surface area contributed by atoms with Gasteiger partial charge in [-0.3, -0.25) is 9.48 Å². The van der Waals surface area contributed by atoms with E-state index in [-0.39, 0.29) is 12.5 Å². The molecule has 6 heteroatoms. The molecule has 2 rings (SSSR count). The molecule has 1 aromatic heterocycles. The average Bonchev–Trinajstić information content (AvgIpc) is 2.64. The first kappa shape index (κ1) is 14.8. The summed E-state index contributed by atoms with van der Waals surface area (Å²) >= 11 is 0. The van der Waals surface area contributed by atoms with Crippen molar-refractivity contribution in [2.45, 2.75) is 33.2 Å². The molecule has 1 aromatic rings. The fraction of sp³-hybridized carbons (Fsp3) is 0.714. The quantitative estimate of drug-likeness (QED) is 0.843. The number of carbonyl (C=O) groups excluding carboxylic acids is 1. The van der Waals surface area contributed by atoms with Crippen LogP contribution in [0.15, 0.2) is 0 Å². The molecule has 1 amide bonds. The first-order chi connectivity index (χ1) is 9.47. The lowest BCUT2D eigenvalue weighted by Crippen LogP contribution is -2.40. The van der Waals surface area contributed by atoms with Crippen molar-refractivity contribution in [3.8, 4) is 0 Å². The number of piperidine rings is 1. The monoisotopic (exact) mass is 279 g/mol. The van der Waals surface area contributed by atoms with Gasteiger partial charge in [0.2, 0.25) is 5.91 Å². The smallest absolute Gasteiger partial charge is 0.241 e. The number of nitrogens with two attached hydrogens (primary N) is 1. The number of amides is 1. The lowest BCUT2D eigenvalue weighted by molar-refractivity contribution is -0.122. The Bertz CT molecular complexity index is 482. The van der Waals surface area contributed by atoms with Gasteiger partial charge in [-0.05, 0) is 46.2 Å². The normalized spacial score (nSPS) is 20.1. The van der Waals surface area contributed by atoms with Crippen LogP contribution in [0, 0.1) is 19.8 Å². The SMILES string of the molecule is Cc1nn(CC(=O)NCC2CCCN(C)C2)c(C)c1N. The maximum atomic E-state index is 12.0. The van der Waals surface area contributed by atoms with E-state index in [9.17, 15) is 4.79 Å². The highest BCUT2D eigenvalue weighted by Gasteiger charge is 2.18. The van der Waals surface area contributed by atoms with Crippen molar-refractivity contribution in [3.05, 3.63) is 11.4 Å². The van der Waals surface area contributed by atoms with Gasteiger partial charge in [0.15, 0.2) is 0 Å². The predicted octanol–water partition coefficient (Wildman–Crippen LogP) is 0.540. The van der Waals surface area contributed by atoms with E-state index in [4.69, 9.17) is 5.73 Å². The molecular formula is C14H25N5O. The molecule has 0 saturated carbocycles. The van der Waals surface area contributed by atoms with E-state index >= 15 is 0 Å². The third-order valence-electron chi connectivity index (χ3n) is 4.04. The van der Waals surface area contributed by atoms with E-state index in [0.29, 0.717) is 11.6 Å². The summed E-state index contributed by atoms with van der Waals surface area (Å²) in [7, 11) is 2.13. The fourth-order valence-electron chi connectivity index (χ4n) is 2.75. The number of likely N-dealkylation sites (tertiary alicyclic amines) is 1. The van der Waals surface area contributed by atoms with Crippen LogP contribution in [-0.2, 0) is 11.3 Å². The molecule has 1 aliphatic heterocycles. The molecule has 0 bridgehead atoms. The minimum absolute atomic E-state index is 0.00354. The molecule has 3 N–H and O–H groups in total. The minimum atomic E-state index is 0.00354. The summed E-state index contributed by atoms with van der Waals surface area (Å²) in [6, 6.07) is 0. The Morgan fingerprint density at radius 2 is 2.25 bits per heavy atom. The predicted molar refractivity (Wildman–Crippen MR) is 79.3 cm³/mol. The highest BCUT2D eigenvalue weighted by molar-refractivity contribution is 5.75. The fourth-order valence-corrected chi connectivity index (χ4v) is 2.75. The van der Waals surface area contributed by atoms with Gasteiger partial charge in [-0.25, -0.2) is 0 Å². The van der Waals surface area contributed by atoms with Crippen molar-refractivity contribution in [1.82, 2.24) is 20.0 Å². The Labute approximate surface area is 120 Å². The Hall–Kier alpha value is -1.56. The van der Waals surface area contributed by atoms with Gasteiger partial charge < -0.3 is 16.0 Å². The zero-order chi connectivity index (χ0) is 14.7. The first-order valence-electron chi connectivity index (χ1n) is 7.22. The minimum Gasteiger partial charge on any atom is -0.396 e. The summed E-state index contributed by atoms with van der Waals surface area (Å²) in [6.45, 7) is 6.96. The van der Waals surface area contributed by atoms with E-state index in [1.54, 1.807) is 4.68 Å². The number of nitrogens with one attached hydrogen (secondary N) is 1. The maximum Gasteiger partial charge on any atom is 0.241 e. The van der Waals surface area contributed by atoms with Crippen molar-refractivity contribution in [2.24, 2.45) is 5.92 Å². The maximum absolute atomic E-state index is 12.0. The van der Waals surface area contributed by atoms with E-state index in [1.165, 1.54) is 12.8 Å². The van der Waals surface area contributed by atoms with Crippen LogP contribution in [0.1, 0.15) is 24.2 Å². The van der Waals surface area contributed by atoms with Crippen molar-refractivity contribution in [2.75, 3.05) is 32.4 Å². The van der Waals surface area contributed by atoms with Crippen LogP contribution < -0.4 is 11.1 Å². The molecule has 6 nitrogen and oxygen atoms in total. The molecule has 1 aliphatic rings. The van der Waals surface area contributed by atoms with Gasteiger partial charge in [0.1, 0.15) is 6.54 Å². The van der Waals surface area contributed by atoms with Crippen LogP contribution in [0.25, 0.3) is 0 Å². The van der Waals surface area contributed by atoms with Gasteiger partial charge in [-0.2, -0.15) is 5.10 Å². The number of hydrogen-bond donors (Lipinski definition) is 2. The summed E-state index contributed by atoms with van der Waals surface area (Å²) in [6.07, 6.45) is 2.41. The average molecular weight is 279 g/mol. The number of aromatic nitrogens is 2. The number of carbonyl (C=O) groups is 1. The van der Waals surface area contributed by atoms with Crippen LogP contribution in [0.4, 0.5) is 5.69 Å². The standard InChI is InChI=1S/C14H25N5O/c1-10-14(15)11(2)19(17-10)9-13(20)16-7-12-5-4-6-18(3)8-12/h12H,4-9,15H2,1-3H3,(H,16,20). The number of nitrogens with zero attached hydrogens (tertiary/aromatic N) is 3. The van der Waals surface area contributed by atoms with Crippen molar-refractivity contribution >= 4 is 11.6 Å². The van der Waals surface area contributed by atoms with Crippen molar-refractivity contribution in [3.63, 3.8) is 0 Å². The zero-order valence-corrected chi connectivity index (χ0v) is 12.6. The van der Waals surface area contributed by atoms with Gasteiger partial charge in [0.25, 0.3) is 0 Å². The molecule has 1 fully saturated rings. The number of hydrogen-bond acceptors (Lipinski definition) is 4. The summed E-state index contributed by atoms with van der Waals surface area (Å²) < 4.78 is 1.67. The molecule has 20 heavy (non-hydrogen) atoms. The van der Waals surface area contributed by atoms with Gasteiger partial charge in [-0.15, -0.1) is 0 Å². The second-order valence-electron chi connectivity index (χ2n) is 5.82. The Morgan fingerprint density at radius 1 is 1.50 bits per heavy atom. The summed E-state index contributed by atoms with van der Waals surface area (Å²) in [5.41, 5.74) is 8.18. The largest absolute Gasteiger partial charge is 0.396 e. The Morgan fingerprint density at radius 3 is 2.85 bits per heavy atom. The molecule has 0 aliphatic carbocycles. The second-order valence-corrected chi connectivity index (χ2v) is 5.82. The number of anilines is 1. The van der Waals surface area contributed by atoms with Crippen LogP contribution in [0.3, 0.4) is 0 Å². The van der Waals surface area contributed by atoms with E-state index in [2.05, 4.69) is 22.4 Å². The molecule has 1 saturated heterocycles. The van der Waals surface area contributed by atoms with E-state index in [0.717, 1.165) is 31.0 Å². The van der Waals surface area contributed by atoms with Crippen molar-refractivity contribution < 1.29 is 4.79 Å². The van der Waals surface area contributed by atoms with Crippen LogP contribution >= 0.6 is 0 Å². The van der Waals surface area contributed by atoms with Crippen molar-refractivity contribution in [1.29, 1.82) is 0 Å². The number of nitrogen functional groups attached to an aromatic ring is 1. The van der Waals surface area contributed by atoms with Gasteiger partial charge >= 0.3 is 0 Å². The van der Waals surface area contributed by atoms with E-state index < -0.39 is 0 Å². The number of aryl methyl sites for hydroxylation is 1. The topological polar surface area (TPSA) is 76.2 Å². The molecule has 1 atom stereocenters. The Balaban J connectivity index is 1.82. The molecule has 1 unspecified atom stereocenters. The van der Waals surface area contributed by atoms with Crippen LogP contribution in [0.5, 0.6) is 0 Å². The van der Waals surface area contributed by atoms with Gasteiger partial charge in [0, 0.05) is 13.1 Å². The zero-order valence-electron chi connectivity index (χ0n) is 12.6. The molecule has 112 valence electrons. The lowest BCUT2D eigenvalue weighted by Gasteiger charge is -2.29. The highest BCUT2D eigenvalue weighted by Crippen LogP contribution is 2.15. The van der Waals surface area contributed by atoms with Gasteiger partial charge in [0.05, 0.1) is 17.1 Å². The molecule has 2 heterocycles. The first-order valence-corrected chi connectivity index (χ1v) is 7.22. The lowest BCUT2D eigenvalue weighted by atomic mass is 9.98. The molecular weight excluding hydrogens is 254 g/mol. The van der Waals surface area contributed by atoms with Gasteiger partial charge in [-0.1, -0.05) is 0 Å². The second kappa shape index (κ2) is 6.26. The Kier molecular flexibility index (Phi) is 4.65. The highest BCUT2D eigenvalue weighted by atomic mass is 16.2. The third kappa shape index (κ3) is 3.50. The molecule has 0 radical (unpaired) electrons. The molecule has 0 aromatic carbocycles. The molecule has 0 spiro atoms.